The highest BCUT2D eigenvalue weighted by Crippen LogP contribution is 2.24. The number of carbonyl (C=O) groups is 1. The van der Waals surface area contributed by atoms with E-state index in [9.17, 15) is 9.59 Å². The highest BCUT2D eigenvalue weighted by molar-refractivity contribution is 5.96. The van der Waals surface area contributed by atoms with Crippen molar-refractivity contribution in [1.82, 2.24) is 10.2 Å². The Kier molecular flexibility index (Phi) is 6.11. The summed E-state index contributed by atoms with van der Waals surface area (Å²) in [6.07, 6.45) is 1.23. The molecule has 156 valence electrons. The number of amides is 1. The number of hydrogen-bond donors (Lipinski definition) is 1. The molecule has 1 saturated heterocycles. The Morgan fingerprint density at radius 2 is 1.87 bits per heavy atom. The lowest BCUT2D eigenvalue weighted by molar-refractivity contribution is 0.0162. The maximum absolute atomic E-state index is 12.8. The van der Waals surface area contributed by atoms with Crippen molar-refractivity contribution in [2.75, 3.05) is 40.0 Å². The zero-order valence-electron chi connectivity index (χ0n) is 16.8. The molecule has 7 nitrogen and oxygen atoms in total. The van der Waals surface area contributed by atoms with Gasteiger partial charge < -0.3 is 19.2 Å². The molecule has 2 heterocycles. The molecule has 4 rings (SSSR count). The van der Waals surface area contributed by atoms with E-state index in [4.69, 9.17) is 13.9 Å². The second-order valence-electron chi connectivity index (χ2n) is 7.12. The van der Waals surface area contributed by atoms with Gasteiger partial charge in [0.15, 0.2) is 0 Å². The molecule has 0 bridgehead atoms. The van der Waals surface area contributed by atoms with Gasteiger partial charge in [-0.15, -0.1) is 0 Å². The van der Waals surface area contributed by atoms with E-state index in [1.165, 1.54) is 6.26 Å². The molecule has 0 radical (unpaired) electrons. The number of ether oxygens (including phenoxy) is 2. The number of fused-ring (bicyclic) bond motifs is 1. The van der Waals surface area contributed by atoms with E-state index >= 15 is 0 Å². The summed E-state index contributed by atoms with van der Waals surface area (Å²) >= 11 is 0. The smallest absolute Gasteiger partial charge is 0.258 e. The zero-order valence-corrected chi connectivity index (χ0v) is 16.8. The van der Waals surface area contributed by atoms with Gasteiger partial charge in [-0.2, -0.15) is 0 Å². The van der Waals surface area contributed by atoms with Gasteiger partial charge in [0, 0.05) is 19.6 Å². The Morgan fingerprint density at radius 1 is 1.13 bits per heavy atom. The number of morpholine rings is 1. The van der Waals surface area contributed by atoms with Gasteiger partial charge in [0.25, 0.3) is 5.91 Å². The number of methoxy groups -OCH3 is 1. The monoisotopic (exact) mass is 408 g/mol. The van der Waals surface area contributed by atoms with Gasteiger partial charge in [-0.1, -0.05) is 24.3 Å². The summed E-state index contributed by atoms with van der Waals surface area (Å²) < 4.78 is 16.2. The number of para-hydroxylation sites is 1. The van der Waals surface area contributed by atoms with E-state index in [0.29, 0.717) is 30.7 Å². The summed E-state index contributed by atoms with van der Waals surface area (Å²) in [6, 6.07) is 14.7. The highest BCUT2D eigenvalue weighted by atomic mass is 16.5. The molecule has 1 fully saturated rings. The summed E-state index contributed by atoms with van der Waals surface area (Å²) in [5.41, 5.74) is 1.19. The average Bonchev–Trinajstić information content (AvgIpc) is 2.80. The first kappa shape index (κ1) is 20.1. The summed E-state index contributed by atoms with van der Waals surface area (Å²) in [5.74, 6) is 0.332. The van der Waals surface area contributed by atoms with Crippen LogP contribution in [0, 0.1) is 0 Å². The Morgan fingerprint density at radius 3 is 2.60 bits per heavy atom. The van der Waals surface area contributed by atoms with Crippen LogP contribution in [0.3, 0.4) is 0 Å². The van der Waals surface area contributed by atoms with Gasteiger partial charge in [0.05, 0.1) is 31.8 Å². The quantitative estimate of drug-likeness (QED) is 0.675. The van der Waals surface area contributed by atoms with Crippen LogP contribution >= 0.6 is 0 Å². The van der Waals surface area contributed by atoms with E-state index in [-0.39, 0.29) is 17.0 Å². The van der Waals surface area contributed by atoms with Crippen molar-refractivity contribution in [1.29, 1.82) is 0 Å². The molecule has 1 unspecified atom stereocenters. The van der Waals surface area contributed by atoms with E-state index in [1.807, 2.05) is 24.3 Å². The van der Waals surface area contributed by atoms with Gasteiger partial charge in [-0.05, 0) is 29.8 Å². The minimum atomic E-state index is -0.443. The molecule has 2 aromatic carbocycles. The fourth-order valence-electron chi connectivity index (χ4n) is 3.69. The molecule has 0 saturated carbocycles. The Bertz CT molecular complexity index is 1070. The largest absolute Gasteiger partial charge is 0.497 e. The maximum atomic E-state index is 12.8. The van der Waals surface area contributed by atoms with Gasteiger partial charge in [0.2, 0.25) is 5.43 Å². The molecule has 7 heteroatoms. The number of hydrogen-bond acceptors (Lipinski definition) is 6. The van der Waals surface area contributed by atoms with E-state index in [1.54, 1.807) is 31.4 Å². The van der Waals surface area contributed by atoms with Crippen molar-refractivity contribution in [3.8, 4) is 5.75 Å². The van der Waals surface area contributed by atoms with Gasteiger partial charge in [-0.3, -0.25) is 14.5 Å². The lowest BCUT2D eigenvalue weighted by atomic mass is 10.0. The molecule has 1 aliphatic heterocycles. The Balaban J connectivity index is 1.55. The van der Waals surface area contributed by atoms with Crippen molar-refractivity contribution < 1.29 is 18.7 Å². The van der Waals surface area contributed by atoms with E-state index < -0.39 is 5.91 Å². The number of nitrogens with one attached hydrogen (secondary N) is 1. The predicted molar refractivity (Wildman–Crippen MR) is 113 cm³/mol. The molecular weight excluding hydrogens is 384 g/mol. The lowest BCUT2D eigenvalue weighted by Crippen LogP contribution is -2.44. The summed E-state index contributed by atoms with van der Waals surface area (Å²) in [4.78, 5) is 27.8. The predicted octanol–water partition coefficient (Wildman–Crippen LogP) is 2.60. The summed E-state index contributed by atoms with van der Waals surface area (Å²) in [6.45, 7) is 3.19. The third-order valence-corrected chi connectivity index (χ3v) is 5.37. The van der Waals surface area contributed by atoms with Crippen LogP contribution in [-0.2, 0) is 4.74 Å². The number of nitrogens with zero attached hydrogens (tertiary/aromatic N) is 1. The van der Waals surface area contributed by atoms with Crippen LogP contribution in [0.1, 0.15) is 22.0 Å². The zero-order chi connectivity index (χ0) is 20.9. The van der Waals surface area contributed by atoms with Crippen molar-refractivity contribution in [3.05, 3.63) is 76.1 Å². The molecule has 0 spiro atoms. The van der Waals surface area contributed by atoms with Gasteiger partial charge in [0.1, 0.15) is 23.2 Å². The normalized spacial score (nSPS) is 15.6. The lowest BCUT2D eigenvalue weighted by Gasteiger charge is -2.35. The minimum Gasteiger partial charge on any atom is -0.497 e. The molecule has 1 amide bonds. The SMILES string of the molecule is COc1ccc(C(CNC(=O)c2coc3ccccc3c2=O)N2CCOCC2)cc1. The molecule has 1 N–H and O–H groups in total. The van der Waals surface area contributed by atoms with E-state index in [0.717, 1.165) is 24.4 Å². The fourth-order valence-corrected chi connectivity index (χ4v) is 3.69. The number of carbonyl (C=O) groups excluding carboxylic acids is 1. The summed E-state index contributed by atoms with van der Waals surface area (Å²) in [5, 5.41) is 3.31. The van der Waals surface area contributed by atoms with Crippen molar-refractivity contribution >= 4 is 16.9 Å². The number of benzene rings is 2. The Hall–Kier alpha value is -3.16. The molecule has 1 atom stereocenters. The first-order valence-corrected chi connectivity index (χ1v) is 9.92. The van der Waals surface area contributed by atoms with Crippen LogP contribution in [0.5, 0.6) is 5.75 Å². The van der Waals surface area contributed by atoms with E-state index in [2.05, 4.69) is 10.2 Å². The maximum Gasteiger partial charge on any atom is 0.258 e. The summed E-state index contributed by atoms with van der Waals surface area (Å²) in [7, 11) is 1.63. The van der Waals surface area contributed by atoms with Crippen LogP contribution in [-0.4, -0.2) is 50.8 Å². The molecule has 30 heavy (non-hydrogen) atoms. The van der Waals surface area contributed by atoms with Crippen molar-refractivity contribution in [2.24, 2.45) is 0 Å². The third-order valence-electron chi connectivity index (χ3n) is 5.37. The standard InChI is InChI=1S/C23H24N2O5/c1-28-17-8-6-16(7-9-17)20(25-10-12-29-13-11-25)14-24-23(27)19-15-30-21-5-3-2-4-18(21)22(19)26/h2-9,15,20H,10-14H2,1H3,(H,24,27). The van der Waals surface area contributed by atoms with Crippen LogP contribution in [0.4, 0.5) is 0 Å². The van der Waals surface area contributed by atoms with Crippen LogP contribution in [0.15, 0.2) is 64.0 Å². The van der Waals surface area contributed by atoms with Gasteiger partial charge in [-0.25, -0.2) is 0 Å². The second kappa shape index (κ2) is 9.11. The molecule has 0 aliphatic carbocycles. The van der Waals surface area contributed by atoms with Crippen LogP contribution < -0.4 is 15.5 Å². The molecule has 1 aliphatic rings. The molecule has 3 aromatic rings. The first-order valence-electron chi connectivity index (χ1n) is 9.92. The average molecular weight is 408 g/mol. The first-order chi connectivity index (χ1) is 14.7. The van der Waals surface area contributed by atoms with Crippen LogP contribution in [0.25, 0.3) is 11.0 Å². The van der Waals surface area contributed by atoms with Crippen LogP contribution in [0.2, 0.25) is 0 Å². The highest BCUT2D eigenvalue weighted by Gasteiger charge is 2.24. The third kappa shape index (κ3) is 4.22. The number of rotatable bonds is 6. The van der Waals surface area contributed by atoms with Crippen molar-refractivity contribution in [3.63, 3.8) is 0 Å². The molecule has 1 aromatic heterocycles. The topological polar surface area (TPSA) is 81.0 Å². The fraction of sp³-hybridized carbons (Fsp3) is 0.304. The second-order valence-corrected chi connectivity index (χ2v) is 7.12. The van der Waals surface area contributed by atoms with Gasteiger partial charge >= 0.3 is 0 Å². The Labute approximate surface area is 174 Å². The minimum absolute atomic E-state index is 0.00385. The van der Waals surface area contributed by atoms with Crippen molar-refractivity contribution in [2.45, 2.75) is 6.04 Å². The molecular formula is C23H24N2O5.